The quantitative estimate of drug-likeness (QED) is 0.645. The van der Waals surface area contributed by atoms with E-state index in [0.717, 1.165) is 23.4 Å². The van der Waals surface area contributed by atoms with Crippen molar-refractivity contribution in [1.82, 2.24) is 9.55 Å². The third-order valence-electron chi connectivity index (χ3n) is 4.02. The van der Waals surface area contributed by atoms with Gasteiger partial charge < -0.3 is 0 Å². The summed E-state index contributed by atoms with van der Waals surface area (Å²) in [7, 11) is 0. The van der Waals surface area contributed by atoms with Gasteiger partial charge in [0.25, 0.3) is 5.56 Å². The van der Waals surface area contributed by atoms with Gasteiger partial charge in [0.2, 0.25) is 0 Å². The maximum Gasteiger partial charge on any atom is 0.261 e. The van der Waals surface area contributed by atoms with Crippen LogP contribution in [-0.4, -0.2) is 9.55 Å². The Labute approximate surface area is 142 Å². The van der Waals surface area contributed by atoms with E-state index in [1.165, 1.54) is 0 Å². The molecule has 2 heterocycles. The molecule has 1 aliphatic rings. The molecule has 114 valence electrons. The molecule has 0 bridgehead atoms. The van der Waals surface area contributed by atoms with Gasteiger partial charge in [-0.05, 0) is 54.0 Å². The minimum Gasteiger partial charge on any atom is -0.292 e. The van der Waals surface area contributed by atoms with Crippen LogP contribution in [0.2, 0.25) is 10.0 Å². The lowest BCUT2D eigenvalue weighted by Crippen LogP contribution is -2.20. The molecule has 5 heteroatoms. The number of aromatic nitrogens is 2. The zero-order chi connectivity index (χ0) is 16.0. The van der Waals surface area contributed by atoms with Crippen LogP contribution in [-0.2, 0) is 6.54 Å². The Morgan fingerprint density at radius 1 is 1.04 bits per heavy atom. The smallest absolute Gasteiger partial charge is 0.261 e. The van der Waals surface area contributed by atoms with Gasteiger partial charge in [0.15, 0.2) is 0 Å². The standard InChI is InChI=1S/C18H12Cl2N2O/c19-13-3-1-11(2-4-13)9-12-7-8-22-17(12)21-16-6-5-14(20)10-15(16)18(22)23/h1-6,9-10H,7-8H2. The Morgan fingerprint density at radius 2 is 1.78 bits per heavy atom. The first-order valence-corrected chi connectivity index (χ1v) is 8.04. The van der Waals surface area contributed by atoms with E-state index in [9.17, 15) is 4.79 Å². The Hall–Kier alpha value is -2.10. The van der Waals surface area contributed by atoms with Gasteiger partial charge in [0, 0.05) is 16.6 Å². The van der Waals surface area contributed by atoms with E-state index < -0.39 is 0 Å². The Morgan fingerprint density at radius 3 is 2.57 bits per heavy atom. The second-order valence-electron chi connectivity index (χ2n) is 5.52. The van der Waals surface area contributed by atoms with Crippen LogP contribution in [0.4, 0.5) is 0 Å². The molecular weight excluding hydrogens is 331 g/mol. The van der Waals surface area contributed by atoms with E-state index in [0.29, 0.717) is 27.5 Å². The average molecular weight is 343 g/mol. The number of rotatable bonds is 1. The fourth-order valence-electron chi connectivity index (χ4n) is 2.89. The summed E-state index contributed by atoms with van der Waals surface area (Å²) in [5.74, 6) is 0.736. The van der Waals surface area contributed by atoms with Crippen LogP contribution in [0.25, 0.3) is 22.6 Å². The summed E-state index contributed by atoms with van der Waals surface area (Å²) < 4.78 is 1.72. The van der Waals surface area contributed by atoms with Gasteiger partial charge in [-0.15, -0.1) is 0 Å². The first kappa shape index (κ1) is 14.5. The number of allylic oxidation sites excluding steroid dienone is 1. The summed E-state index contributed by atoms with van der Waals surface area (Å²) in [6, 6.07) is 12.8. The normalized spacial score (nSPS) is 15.3. The van der Waals surface area contributed by atoms with Gasteiger partial charge in [-0.3, -0.25) is 9.36 Å². The second kappa shape index (κ2) is 5.52. The predicted molar refractivity (Wildman–Crippen MR) is 95.0 cm³/mol. The zero-order valence-corrected chi connectivity index (χ0v) is 13.6. The molecule has 0 amide bonds. The van der Waals surface area contributed by atoms with Crippen molar-refractivity contribution in [3.05, 3.63) is 74.3 Å². The molecule has 4 rings (SSSR count). The molecule has 1 aliphatic heterocycles. The summed E-state index contributed by atoms with van der Waals surface area (Å²) in [5, 5.41) is 1.82. The molecule has 2 aromatic carbocycles. The summed E-state index contributed by atoms with van der Waals surface area (Å²) >= 11 is 11.9. The van der Waals surface area contributed by atoms with Crippen molar-refractivity contribution >= 4 is 45.8 Å². The number of hydrogen-bond acceptors (Lipinski definition) is 2. The largest absolute Gasteiger partial charge is 0.292 e. The number of fused-ring (bicyclic) bond motifs is 2. The Bertz CT molecular complexity index is 1000. The maximum atomic E-state index is 12.6. The molecule has 0 unspecified atom stereocenters. The Kier molecular flexibility index (Phi) is 3.47. The van der Waals surface area contributed by atoms with Crippen LogP contribution in [0, 0.1) is 0 Å². The van der Waals surface area contributed by atoms with Crippen molar-refractivity contribution in [3.8, 4) is 0 Å². The minimum absolute atomic E-state index is 0.0352. The molecule has 0 radical (unpaired) electrons. The van der Waals surface area contributed by atoms with E-state index in [2.05, 4.69) is 11.1 Å². The van der Waals surface area contributed by atoms with Crippen molar-refractivity contribution in [1.29, 1.82) is 0 Å². The molecule has 0 saturated heterocycles. The third-order valence-corrected chi connectivity index (χ3v) is 4.51. The van der Waals surface area contributed by atoms with Crippen molar-refractivity contribution in [2.75, 3.05) is 0 Å². The summed E-state index contributed by atoms with van der Waals surface area (Å²) in [5.41, 5.74) is 2.74. The first-order valence-electron chi connectivity index (χ1n) is 7.28. The van der Waals surface area contributed by atoms with E-state index in [-0.39, 0.29) is 5.56 Å². The zero-order valence-electron chi connectivity index (χ0n) is 12.1. The fourth-order valence-corrected chi connectivity index (χ4v) is 3.18. The first-order chi connectivity index (χ1) is 11.1. The van der Waals surface area contributed by atoms with Gasteiger partial charge in [0.1, 0.15) is 5.82 Å². The van der Waals surface area contributed by atoms with E-state index in [1.54, 1.807) is 22.8 Å². The van der Waals surface area contributed by atoms with Gasteiger partial charge >= 0.3 is 0 Å². The molecular formula is C18H12Cl2N2O. The van der Waals surface area contributed by atoms with Crippen LogP contribution >= 0.6 is 23.2 Å². The van der Waals surface area contributed by atoms with Gasteiger partial charge in [0.05, 0.1) is 10.9 Å². The fraction of sp³-hybridized carbons (Fsp3) is 0.111. The van der Waals surface area contributed by atoms with Crippen molar-refractivity contribution in [3.63, 3.8) is 0 Å². The molecule has 0 fully saturated rings. The van der Waals surface area contributed by atoms with E-state index in [4.69, 9.17) is 23.2 Å². The highest BCUT2D eigenvalue weighted by molar-refractivity contribution is 6.31. The topological polar surface area (TPSA) is 34.9 Å². The van der Waals surface area contributed by atoms with E-state index in [1.807, 2.05) is 24.3 Å². The Balaban J connectivity index is 1.88. The average Bonchev–Trinajstić information content (AvgIpc) is 2.94. The van der Waals surface area contributed by atoms with Crippen LogP contribution in [0.5, 0.6) is 0 Å². The number of hydrogen-bond donors (Lipinski definition) is 0. The number of nitrogens with zero attached hydrogens (tertiary/aromatic N) is 2. The second-order valence-corrected chi connectivity index (χ2v) is 6.40. The van der Waals surface area contributed by atoms with E-state index >= 15 is 0 Å². The van der Waals surface area contributed by atoms with Gasteiger partial charge in [-0.25, -0.2) is 4.98 Å². The van der Waals surface area contributed by atoms with Gasteiger partial charge in [-0.1, -0.05) is 35.3 Å². The lowest BCUT2D eigenvalue weighted by molar-refractivity contribution is 0.725. The summed E-state index contributed by atoms with van der Waals surface area (Å²) in [6.45, 7) is 0.642. The molecule has 23 heavy (non-hydrogen) atoms. The molecule has 0 spiro atoms. The molecule has 0 N–H and O–H groups in total. The maximum absolute atomic E-state index is 12.6. The SMILES string of the molecule is O=c1c2cc(Cl)ccc2nc2n1CCC2=Cc1ccc(Cl)cc1. The molecule has 3 aromatic rings. The van der Waals surface area contributed by atoms with Gasteiger partial charge in [-0.2, -0.15) is 0 Å². The third kappa shape index (κ3) is 2.56. The lowest BCUT2D eigenvalue weighted by Gasteiger charge is -2.06. The van der Waals surface area contributed by atoms with Crippen LogP contribution in [0.15, 0.2) is 47.3 Å². The molecule has 0 atom stereocenters. The summed E-state index contributed by atoms with van der Waals surface area (Å²) in [6.07, 6.45) is 2.85. The summed E-state index contributed by atoms with van der Waals surface area (Å²) in [4.78, 5) is 17.3. The number of benzene rings is 2. The van der Waals surface area contributed by atoms with Crippen LogP contribution < -0.4 is 5.56 Å². The molecule has 0 aliphatic carbocycles. The highest BCUT2D eigenvalue weighted by Crippen LogP contribution is 2.28. The predicted octanol–water partition coefficient (Wildman–Crippen LogP) is 4.65. The van der Waals surface area contributed by atoms with Crippen molar-refractivity contribution in [2.24, 2.45) is 0 Å². The highest BCUT2D eigenvalue weighted by Gasteiger charge is 2.20. The number of halogens is 2. The van der Waals surface area contributed by atoms with Crippen molar-refractivity contribution in [2.45, 2.75) is 13.0 Å². The monoisotopic (exact) mass is 342 g/mol. The highest BCUT2D eigenvalue weighted by atomic mass is 35.5. The minimum atomic E-state index is -0.0352. The lowest BCUT2D eigenvalue weighted by atomic mass is 10.1. The molecule has 1 aromatic heterocycles. The molecule has 3 nitrogen and oxygen atoms in total. The van der Waals surface area contributed by atoms with Crippen molar-refractivity contribution < 1.29 is 0 Å². The van der Waals surface area contributed by atoms with Crippen LogP contribution in [0.1, 0.15) is 17.8 Å². The molecule has 0 saturated carbocycles. The van der Waals surface area contributed by atoms with Crippen LogP contribution in [0.3, 0.4) is 0 Å².